The van der Waals surface area contributed by atoms with Crippen LogP contribution in [0.4, 0.5) is 4.79 Å². The highest BCUT2D eigenvalue weighted by atomic mass is 32.2. The second-order valence-electron chi connectivity index (χ2n) is 4.88. The Morgan fingerprint density at radius 2 is 1.96 bits per heavy atom. The summed E-state index contributed by atoms with van der Waals surface area (Å²) in [6, 6.07) is 12.6. The normalized spacial score (nSPS) is 11.5. The Morgan fingerprint density at radius 3 is 2.62 bits per heavy atom. The smallest absolute Gasteiger partial charge is 0.407 e. The predicted octanol–water partition coefficient (Wildman–Crippen LogP) is 2.73. The van der Waals surface area contributed by atoms with Crippen LogP contribution >= 0.6 is 11.3 Å². The van der Waals surface area contributed by atoms with Gasteiger partial charge in [0.2, 0.25) is 10.0 Å². The van der Waals surface area contributed by atoms with Crippen LogP contribution in [0.5, 0.6) is 0 Å². The van der Waals surface area contributed by atoms with E-state index in [-0.39, 0.29) is 10.8 Å². The van der Waals surface area contributed by atoms with Crippen molar-refractivity contribution in [3.63, 3.8) is 0 Å². The number of primary sulfonamides is 1. The van der Waals surface area contributed by atoms with Gasteiger partial charge in [0.05, 0.1) is 0 Å². The number of carbonyl (C=O) groups is 1. The van der Waals surface area contributed by atoms with Gasteiger partial charge in [-0.1, -0.05) is 36.4 Å². The summed E-state index contributed by atoms with van der Waals surface area (Å²) in [7, 11) is -3.65. The second kappa shape index (κ2) is 8.62. The van der Waals surface area contributed by atoms with Crippen LogP contribution in [0, 0.1) is 0 Å². The van der Waals surface area contributed by atoms with Crippen molar-refractivity contribution in [2.45, 2.75) is 17.2 Å². The van der Waals surface area contributed by atoms with E-state index in [0.717, 1.165) is 21.8 Å². The molecule has 3 N–H and O–H groups in total. The van der Waals surface area contributed by atoms with Gasteiger partial charge in [-0.3, -0.25) is 0 Å². The minimum absolute atomic E-state index is 0.129. The van der Waals surface area contributed by atoms with E-state index >= 15 is 0 Å². The van der Waals surface area contributed by atoms with Crippen molar-refractivity contribution < 1.29 is 17.9 Å². The van der Waals surface area contributed by atoms with Crippen molar-refractivity contribution in [2.24, 2.45) is 5.14 Å². The monoisotopic (exact) mass is 366 g/mol. The van der Waals surface area contributed by atoms with E-state index in [1.165, 1.54) is 6.07 Å². The molecule has 1 amide bonds. The predicted molar refractivity (Wildman–Crippen MR) is 94.0 cm³/mol. The zero-order valence-corrected chi connectivity index (χ0v) is 14.5. The fourth-order valence-corrected chi connectivity index (χ4v) is 3.49. The highest BCUT2D eigenvalue weighted by molar-refractivity contribution is 7.91. The quantitative estimate of drug-likeness (QED) is 0.736. The number of carbonyl (C=O) groups excluding carboxylic acids is 1. The number of nitrogens with one attached hydrogen (secondary N) is 1. The van der Waals surface area contributed by atoms with Crippen molar-refractivity contribution in [1.82, 2.24) is 5.32 Å². The summed E-state index contributed by atoms with van der Waals surface area (Å²) in [5.41, 5.74) is 0.927. The molecule has 0 unspecified atom stereocenters. The second-order valence-corrected chi connectivity index (χ2v) is 7.78. The summed E-state index contributed by atoms with van der Waals surface area (Å²) >= 11 is 1.10. The Hall–Kier alpha value is -2.16. The molecule has 2 rings (SSSR count). The molecule has 0 aliphatic heterocycles. The molecule has 0 spiro atoms. The molecule has 0 saturated heterocycles. The molecule has 0 aliphatic rings. The van der Waals surface area contributed by atoms with Crippen LogP contribution in [0.25, 0.3) is 6.08 Å². The summed E-state index contributed by atoms with van der Waals surface area (Å²) < 4.78 is 27.5. The molecule has 0 fully saturated rings. The number of hydrogen-bond donors (Lipinski definition) is 2. The van der Waals surface area contributed by atoms with E-state index in [1.807, 2.05) is 36.4 Å². The third-order valence-electron chi connectivity index (χ3n) is 2.96. The van der Waals surface area contributed by atoms with Gasteiger partial charge in [-0.2, -0.15) is 0 Å². The third-order valence-corrected chi connectivity index (χ3v) is 5.45. The van der Waals surface area contributed by atoms with E-state index in [9.17, 15) is 13.2 Å². The molecule has 0 saturated carbocycles. The average molecular weight is 366 g/mol. The van der Waals surface area contributed by atoms with Gasteiger partial charge in [-0.25, -0.2) is 18.4 Å². The fraction of sp³-hybridized carbons (Fsp3) is 0.188. The van der Waals surface area contributed by atoms with Crippen LogP contribution in [0.1, 0.15) is 16.9 Å². The molecular formula is C16H18N2O4S2. The Balaban J connectivity index is 1.67. The molecule has 0 aliphatic carbocycles. The molecule has 0 atom stereocenters. The van der Waals surface area contributed by atoms with Crippen LogP contribution in [0.3, 0.4) is 0 Å². The molecule has 1 aromatic heterocycles. The maximum Gasteiger partial charge on any atom is 0.407 e. The fourth-order valence-electron chi connectivity index (χ4n) is 1.81. The molecule has 0 bridgehead atoms. The molecule has 24 heavy (non-hydrogen) atoms. The first-order valence-corrected chi connectivity index (χ1v) is 9.55. The lowest BCUT2D eigenvalue weighted by Crippen LogP contribution is -2.24. The minimum Gasteiger partial charge on any atom is -0.445 e. The molecule has 8 heteroatoms. The van der Waals surface area contributed by atoms with Crippen LogP contribution in [0.15, 0.2) is 52.7 Å². The number of nitrogens with two attached hydrogens (primary N) is 1. The van der Waals surface area contributed by atoms with E-state index in [0.29, 0.717) is 13.0 Å². The molecular weight excluding hydrogens is 348 g/mol. The molecule has 1 aromatic carbocycles. The van der Waals surface area contributed by atoms with Crippen LogP contribution in [-0.2, 0) is 21.4 Å². The van der Waals surface area contributed by atoms with E-state index in [4.69, 9.17) is 9.88 Å². The zero-order chi connectivity index (χ0) is 17.4. The zero-order valence-electron chi connectivity index (χ0n) is 12.8. The average Bonchev–Trinajstić information content (AvgIpc) is 3.03. The van der Waals surface area contributed by atoms with Crippen LogP contribution < -0.4 is 10.5 Å². The minimum atomic E-state index is -3.65. The molecule has 1 heterocycles. The summed E-state index contributed by atoms with van der Waals surface area (Å²) in [6.45, 7) is 0.658. The van der Waals surface area contributed by atoms with Gasteiger partial charge < -0.3 is 10.1 Å². The number of benzene rings is 1. The molecule has 128 valence electrons. The van der Waals surface area contributed by atoms with E-state index in [2.05, 4.69) is 5.32 Å². The van der Waals surface area contributed by atoms with Crippen molar-refractivity contribution in [3.05, 3.63) is 59.0 Å². The van der Waals surface area contributed by atoms with Gasteiger partial charge >= 0.3 is 6.09 Å². The van der Waals surface area contributed by atoms with Crippen molar-refractivity contribution in [3.8, 4) is 0 Å². The Morgan fingerprint density at radius 1 is 1.21 bits per heavy atom. The van der Waals surface area contributed by atoms with Crippen molar-refractivity contribution in [1.29, 1.82) is 0 Å². The molecule has 6 nitrogen and oxygen atoms in total. The third kappa shape index (κ3) is 6.15. The van der Waals surface area contributed by atoms with Gasteiger partial charge in [-0.15, -0.1) is 11.3 Å². The number of hydrogen-bond acceptors (Lipinski definition) is 5. The van der Waals surface area contributed by atoms with Gasteiger partial charge in [0.1, 0.15) is 10.8 Å². The Kier molecular flexibility index (Phi) is 6.53. The van der Waals surface area contributed by atoms with Crippen LogP contribution in [0.2, 0.25) is 0 Å². The van der Waals surface area contributed by atoms with Crippen LogP contribution in [-0.4, -0.2) is 21.1 Å². The number of rotatable bonds is 7. The summed E-state index contributed by atoms with van der Waals surface area (Å²) in [5, 5.41) is 7.69. The number of alkyl carbamates (subject to hydrolysis) is 1. The lowest BCUT2D eigenvalue weighted by molar-refractivity contribution is 0.140. The maximum absolute atomic E-state index is 11.5. The van der Waals surface area contributed by atoms with Gasteiger partial charge in [0.15, 0.2) is 0 Å². The van der Waals surface area contributed by atoms with Crippen molar-refractivity contribution in [2.75, 3.05) is 6.54 Å². The first kappa shape index (κ1) is 18.2. The largest absolute Gasteiger partial charge is 0.445 e. The maximum atomic E-state index is 11.5. The summed E-state index contributed by atoms with van der Waals surface area (Å²) in [5.74, 6) is 0. The number of ether oxygens (including phenoxy) is 1. The van der Waals surface area contributed by atoms with Gasteiger partial charge in [0, 0.05) is 11.4 Å². The summed E-state index contributed by atoms with van der Waals surface area (Å²) in [4.78, 5) is 12.3. The lowest BCUT2D eigenvalue weighted by atomic mass is 10.2. The number of thiophene rings is 1. The van der Waals surface area contributed by atoms with Crippen molar-refractivity contribution >= 4 is 33.5 Å². The topological polar surface area (TPSA) is 98.5 Å². The van der Waals surface area contributed by atoms with E-state index in [1.54, 1.807) is 12.1 Å². The first-order chi connectivity index (χ1) is 11.4. The summed E-state index contributed by atoms with van der Waals surface area (Å²) in [6.07, 6.45) is 3.76. The Bertz CT molecular complexity index is 798. The SMILES string of the molecule is NS(=O)(=O)c1ccc(C=CCCNC(=O)OCc2ccccc2)s1. The number of sulfonamides is 1. The van der Waals surface area contributed by atoms with Gasteiger partial charge in [-0.05, 0) is 30.2 Å². The lowest BCUT2D eigenvalue weighted by Gasteiger charge is -2.05. The molecule has 0 radical (unpaired) electrons. The van der Waals surface area contributed by atoms with E-state index < -0.39 is 16.1 Å². The standard InChI is InChI=1S/C16H18N2O4S2/c17-24(20,21)15-10-9-14(23-15)8-4-5-11-18-16(19)22-12-13-6-2-1-3-7-13/h1-4,6-10H,5,11-12H2,(H,18,19)(H2,17,20,21). The number of amides is 1. The Labute approximate surface area is 145 Å². The van der Waals surface area contributed by atoms with Gasteiger partial charge in [0.25, 0.3) is 0 Å². The highest BCUT2D eigenvalue weighted by Crippen LogP contribution is 2.21. The first-order valence-electron chi connectivity index (χ1n) is 7.19. The molecule has 2 aromatic rings. The highest BCUT2D eigenvalue weighted by Gasteiger charge is 2.09.